The molecule has 0 aromatic heterocycles. The van der Waals surface area contributed by atoms with E-state index in [-0.39, 0.29) is 23.3 Å². The van der Waals surface area contributed by atoms with Gasteiger partial charge in [-0.15, -0.1) is 0 Å². The number of carbonyl (C=O) groups excluding carboxylic acids is 2. The standard InChI is InChI=1S/C25H29N3O3/c1-24-13-7-6-10-19(24)21(18-9-5-4-8-17(18)11-14-24)27-16-26(3)23(31)25(2)22(30)20(29)12-15-28(25)27/h4-10,12-13,15,19,21-22,30H,11,14,16H2,1-3H3. The zero-order chi connectivity index (χ0) is 22.0. The van der Waals surface area contributed by atoms with Gasteiger partial charge in [-0.25, -0.2) is 0 Å². The van der Waals surface area contributed by atoms with E-state index in [4.69, 9.17) is 0 Å². The fourth-order valence-electron chi connectivity index (χ4n) is 5.82. The lowest BCUT2D eigenvalue weighted by molar-refractivity contribution is -0.212. The molecule has 2 aliphatic heterocycles. The fourth-order valence-corrected chi connectivity index (χ4v) is 5.82. The number of allylic oxidation sites excluding steroid dienone is 3. The Morgan fingerprint density at radius 2 is 1.90 bits per heavy atom. The Labute approximate surface area is 183 Å². The maximum absolute atomic E-state index is 13.2. The van der Waals surface area contributed by atoms with E-state index in [9.17, 15) is 14.7 Å². The van der Waals surface area contributed by atoms with Crippen molar-refractivity contribution in [3.05, 3.63) is 72.0 Å². The van der Waals surface area contributed by atoms with Crippen molar-refractivity contribution in [2.75, 3.05) is 13.7 Å². The Morgan fingerprint density at radius 3 is 2.71 bits per heavy atom. The van der Waals surface area contributed by atoms with Crippen molar-refractivity contribution in [3.8, 4) is 0 Å². The molecule has 5 unspecified atom stereocenters. The molecule has 2 heterocycles. The second-order valence-electron chi connectivity index (χ2n) is 9.62. The molecule has 0 saturated carbocycles. The minimum absolute atomic E-state index is 0.0389. The molecule has 4 aliphatic rings. The summed E-state index contributed by atoms with van der Waals surface area (Å²) in [6, 6.07) is 8.47. The van der Waals surface area contributed by atoms with E-state index < -0.39 is 17.4 Å². The van der Waals surface area contributed by atoms with Gasteiger partial charge in [0.05, 0.1) is 12.7 Å². The molecule has 0 bridgehead atoms. The van der Waals surface area contributed by atoms with Crippen LogP contribution in [-0.4, -0.2) is 57.1 Å². The molecule has 0 spiro atoms. The molecular weight excluding hydrogens is 390 g/mol. The molecule has 1 aromatic rings. The van der Waals surface area contributed by atoms with Gasteiger partial charge in [-0.05, 0) is 36.3 Å². The summed E-state index contributed by atoms with van der Waals surface area (Å²) in [5, 5.41) is 14.8. The number of amides is 1. The van der Waals surface area contributed by atoms with Crippen LogP contribution in [0.15, 0.2) is 60.8 Å². The number of fused-ring (bicyclic) bond motifs is 3. The summed E-state index contributed by atoms with van der Waals surface area (Å²) in [7, 11) is 1.74. The highest BCUT2D eigenvalue weighted by atomic mass is 16.3. The molecule has 2 aliphatic carbocycles. The molecule has 1 fully saturated rings. The highest BCUT2D eigenvalue weighted by Crippen LogP contribution is 2.52. The van der Waals surface area contributed by atoms with E-state index in [0.717, 1.165) is 12.8 Å². The number of aryl methyl sites for hydroxylation is 1. The number of ketones is 1. The van der Waals surface area contributed by atoms with Gasteiger partial charge in [0.1, 0.15) is 6.10 Å². The van der Waals surface area contributed by atoms with E-state index in [0.29, 0.717) is 6.67 Å². The van der Waals surface area contributed by atoms with Gasteiger partial charge in [0.2, 0.25) is 0 Å². The number of likely N-dealkylation sites (N-methyl/N-ethyl adjacent to an activating group) is 1. The summed E-state index contributed by atoms with van der Waals surface area (Å²) in [5.74, 6) is -0.512. The zero-order valence-electron chi connectivity index (χ0n) is 18.2. The Kier molecular flexibility index (Phi) is 4.50. The molecule has 1 amide bonds. The van der Waals surface area contributed by atoms with Crippen LogP contribution in [0.25, 0.3) is 0 Å². The zero-order valence-corrected chi connectivity index (χ0v) is 18.2. The lowest BCUT2D eigenvalue weighted by Gasteiger charge is -2.58. The van der Waals surface area contributed by atoms with Crippen molar-refractivity contribution in [2.45, 2.75) is 44.4 Å². The van der Waals surface area contributed by atoms with Gasteiger partial charge in [0.15, 0.2) is 11.3 Å². The molecular formula is C25H29N3O3. The predicted molar refractivity (Wildman–Crippen MR) is 117 cm³/mol. The van der Waals surface area contributed by atoms with Crippen LogP contribution in [0.4, 0.5) is 0 Å². The van der Waals surface area contributed by atoms with Crippen LogP contribution in [0.1, 0.15) is 37.4 Å². The van der Waals surface area contributed by atoms with Crippen molar-refractivity contribution in [3.63, 3.8) is 0 Å². The summed E-state index contributed by atoms with van der Waals surface area (Å²) in [4.78, 5) is 27.2. The van der Waals surface area contributed by atoms with Gasteiger partial charge < -0.3 is 10.0 Å². The second-order valence-corrected chi connectivity index (χ2v) is 9.62. The van der Waals surface area contributed by atoms with E-state index in [1.165, 1.54) is 17.2 Å². The first-order valence-electron chi connectivity index (χ1n) is 10.9. The Bertz CT molecular complexity index is 1030. The number of hydrogen-bond acceptors (Lipinski definition) is 5. The van der Waals surface area contributed by atoms with Gasteiger partial charge >= 0.3 is 0 Å². The molecule has 162 valence electrons. The molecule has 5 atom stereocenters. The van der Waals surface area contributed by atoms with Crippen LogP contribution >= 0.6 is 0 Å². The number of carbonyl (C=O) groups is 2. The molecule has 6 nitrogen and oxygen atoms in total. The van der Waals surface area contributed by atoms with Crippen LogP contribution in [0.2, 0.25) is 0 Å². The maximum atomic E-state index is 13.2. The van der Waals surface area contributed by atoms with Gasteiger partial charge in [0.25, 0.3) is 5.91 Å². The smallest absolute Gasteiger partial charge is 0.253 e. The summed E-state index contributed by atoms with van der Waals surface area (Å²) in [6.45, 7) is 4.35. The van der Waals surface area contributed by atoms with E-state index in [1.54, 1.807) is 25.1 Å². The number of aliphatic hydroxyl groups is 1. The average Bonchev–Trinajstić information content (AvgIpc) is 2.89. The van der Waals surface area contributed by atoms with Crippen LogP contribution in [-0.2, 0) is 16.0 Å². The molecule has 6 heteroatoms. The monoisotopic (exact) mass is 419 g/mol. The van der Waals surface area contributed by atoms with Gasteiger partial charge in [-0.3, -0.25) is 14.6 Å². The number of nitrogens with zero attached hydrogens (tertiary/aromatic N) is 3. The normalized spacial score (nSPS) is 37.4. The summed E-state index contributed by atoms with van der Waals surface area (Å²) >= 11 is 0. The lowest BCUT2D eigenvalue weighted by Crippen LogP contribution is -2.75. The van der Waals surface area contributed by atoms with Crippen LogP contribution in [0, 0.1) is 11.3 Å². The van der Waals surface area contributed by atoms with Crippen molar-refractivity contribution in [2.24, 2.45) is 11.3 Å². The van der Waals surface area contributed by atoms with Gasteiger partial charge in [-0.1, -0.05) is 55.5 Å². The first-order valence-corrected chi connectivity index (χ1v) is 10.9. The second kappa shape index (κ2) is 6.90. The number of aliphatic hydroxyl groups excluding tert-OH is 1. The van der Waals surface area contributed by atoms with Crippen LogP contribution in [0.3, 0.4) is 0 Å². The lowest BCUT2D eigenvalue weighted by atomic mass is 9.68. The van der Waals surface area contributed by atoms with Crippen molar-refractivity contribution < 1.29 is 14.7 Å². The topological polar surface area (TPSA) is 64.1 Å². The minimum Gasteiger partial charge on any atom is -0.382 e. The van der Waals surface area contributed by atoms with E-state index >= 15 is 0 Å². The van der Waals surface area contributed by atoms with E-state index in [2.05, 4.69) is 60.5 Å². The number of hydrogen-bond donors (Lipinski definition) is 1. The quantitative estimate of drug-likeness (QED) is 0.758. The Morgan fingerprint density at radius 1 is 1.13 bits per heavy atom. The third-order valence-corrected chi connectivity index (χ3v) is 7.71. The summed E-state index contributed by atoms with van der Waals surface area (Å²) < 4.78 is 0. The van der Waals surface area contributed by atoms with Crippen LogP contribution in [0.5, 0.6) is 0 Å². The highest BCUT2D eigenvalue weighted by Gasteiger charge is 2.58. The number of rotatable bonds is 1. The third kappa shape index (κ3) is 2.78. The largest absolute Gasteiger partial charge is 0.382 e. The molecule has 1 aromatic carbocycles. The van der Waals surface area contributed by atoms with Crippen molar-refractivity contribution in [1.82, 2.24) is 14.9 Å². The first-order chi connectivity index (χ1) is 14.8. The molecule has 0 radical (unpaired) electrons. The Balaban J connectivity index is 1.70. The summed E-state index contributed by atoms with van der Waals surface area (Å²) in [5.41, 5.74) is 1.14. The first kappa shape index (κ1) is 20.2. The maximum Gasteiger partial charge on any atom is 0.253 e. The predicted octanol–water partition coefficient (Wildman–Crippen LogP) is 2.59. The number of benzene rings is 1. The Hall–Kier alpha value is -2.70. The highest BCUT2D eigenvalue weighted by molar-refractivity contribution is 6.02. The molecule has 1 saturated heterocycles. The SMILES string of the molecule is CN1CN(C2c3ccccc3CCC3(C)C=CC=CC23)N2C=CC(=O)C(O)C2(C)C1=O. The average molecular weight is 420 g/mol. The van der Waals surface area contributed by atoms with Gasteiger partial charge in [-0.2, -0.15) is 5.01 Å². The van der Waals surface area contributed by atoms with Crippen molar-refractivity contribution >= 4 is 11.7 Å². The van der Waals surface area contributed by atoms with Crippen LogP contribution < -0.4 is 0 Å². The van der Waals surface area contributed by atoms with Crippen molar-refractivity contribution in [1.29, 1.82) is 0 Å². The minimum atomic E-state index is -1.41. The molecule has 1 N–H and O–H groups in total. The fraction of sp³-hybridized carbons (Fsp3) is 0.440. The number of hydrazine groups is 1. The molecule has 31 heavy (non-hydrogen) atoms. The molecule has 5 rings (SSSR count). The third-order valence-electron chi connectivity index (χ3n) is 7.71. The van der Waals surface area contributed by atoms with E-state index in [1.807, 2.05) is 5.01 Å². The van der Waals surface area contributed by atoms with Gasteiger partial charge in [0, 0.05) is 25.2 Å². The summed E-state index contributed by atoms with van der Waals surface area (Å²) in [6.07, 6.45) is 12.5.